The van der Waals surface area contributed by atoms with Gasteiger partial charge in [-0.3, -0.25) is 23.6 Å². The lowest BCUT2D eigenvalue weighted by Gasteiger charge is -2.21. The fourth-order valence-corrected chi connectivity index (χ4v) is 2.34. The number of carbonyl (C=O) groups excluding carboxylic acids is 2. The van der Waals surface area contributed by atoms with Gasteiger partial charge in [0.25, 0.3) is 5.56 Å². The molecule has 1 N–H and O–H groups in total. The molecule has 0 radical (unpaired) electrons. The van der Waals surface area contributed by atoms with Crippen molar-refractivity contribution in [3.8, 4) is 0 Å². The molecule has 2 aromatic heterocycles. The van der Waals surface area contributed by atoms with E-state index in [-0.39, 0.29) is 36.5 Å². The first-order chi connectivity index (χ1) is 11.3. The Kier molecular flexibility index (Phi) is 5.32. The maximum atomic E-state index is 12.4. The number of nitrogens with zero attached hydrogens (tertiary/aromatic N) is 5. The molecule has 0 fully saturated rings. The van der Waals surface area contributed by atoms with Crippen LogP contribution in [-0.2, 0) is 23.2 Å². The lowest BCUT2D eigenvalue weighted by atomic mass is 10.3. The van der Waals surface area contributed by atoms with Crippen LogP contribution in [0.4, 0.5) is 0 Å². The van der Waals surface area contributed by atoms with Crippen molar-refractivity contribution in [2.45, 2.75) is 33.4 Å². The van der Waals surface area contributed by atoms with Crippen LogP contribution >= 0.6 is 0 Å². The highest BCUT2D eigenvalue weighted by molar-refractivity contribution is 5.85. The molecule has 0 aliphatic carbocycles. The Bertz CT molecular complexity index is 807. The standard InChI is InChI=1S/C15H22N6O3/c1-5-20(7-12(22)18-10(2)3)13(23)8-21-9-16-14-11(15(21)24)6-17-19(14)4/h6,9-10H,5,7-8H2,1-4H3,(H,18,22). The largest absolute Gasteiger partial charge is 0.352 e. The summed E-state index contributed by atoms with van der Waals surface area (Å²) in [6, 6.07) is 0.00566. The number of nitrogens with one attached hydrogen (secondary N) is 1. The van der Waals surface area contributed by atoms with Gasteiger partial charge < -0.3 is 10.2 Å². The summed E-state index contributed by atoms with van der Waals surface area (Å²) in [7, 11) is 1.69. The highest BCUT2D eigenvalue weighted by Crippen LogP contribution is 2.03. The van der Waals surface area contributed by atoms with E-state index >= 15 is 0 Å². The Morgan fingerprint density at radius 3 is 2.71 bits per heavy atom. The van der Waals surface area contributed by atoms with Crippen molar-refractivity contribution >= 4 is 22.8 Å². The summed E-state index contributed by atoms with van der Waals surface area (Å²) < 4.78 is 2.73. The van der Waals surface area contributed by atoms with E-state index in [1.807, 2.05) is 13.8 Å². The molecule has 2 amide bonds. The number of hydrogen-bond donors (Lipinski definition) is 1. The number of carbonyl (C=O) groups is 2. The molecule has 130 valence electrons. The SMILES string of the molecule is CCN(CC(=O)NC(C)C)C(=O)Cn1cnc2c(cnn2C)c1=O. The molecule has 0 saturated carbocycles. The van der Waals surface area contributed by atoms with Gasteiger partial charge in [-0.1, -0.05) is 0 Å². The fourth-order valence-electron chi connectivity index (χ4n) is 2.34. The van der Waals surface area contributed by atoms with E-state index in [4.69, 9.17) is 0 Å². The molecular weight excluding hydrogens is 312 g/mol. The van der Waals surface area contributed by atoms with Crippen LogP contribution in [0.1, 0.15) is 20.8 Å². The van der Waals surface area contributed by atoms with E-state index in [1.165, 1.54) is 26.7 Å². The Labute approximate surface area is 139 Å². The van der Waals surface area contributed by atoms with E-state index < -0.39 is 0 Å². The van der Waals surface area contributed by atoms with Crippen molar-refractivity contribution in [2.24, 2.45) is 7.05 Å². The maximum Gasteiger partial charge on any atom is 0.264 e. The Balaban J connectivity index is 2.14. The second-order valence-corrected chi connectivity index (χ2v) is 5.81. The average Bonchev–Trinajstić information content (AvgIpc) is 2.89. The van der Waals surface area contributed by atoms with Crippen LogP contribution in [-0.4, -0.2) is 55.2 Å². The summed E-state index contributed by atoms with van der Waals surface area (Å²) in [5.74, 6) is -0.545. The first-order valence-electron chi connectivity index (χ1n) is 7.77. The topological polar surface area (TPSA) is 102 Å². The van der Waals surface area contributed by atoms with Gasteiger partial charge in [0.05, 0.1) is 12.7 Å². The number of aromatic nitrogens is 4. The van der Waals surface area contributed by atoms with Crippen molar-refractivity contribution in [3.05, 3.63) is 22.9 Å². The van der Waals surface area contributed by atoms with E-state index in [2.05, 4.69) is 15.4 Å². The van der Waals surface area contributed by atoms with E-state index in [1.54, 1.807) is 14.0 Å². The summed E-state index contributed by atoms with van der Waals surface area (Å²) in [6.07, 6.45) is 2.76. The van der Waals surface area contributed by atoms with Gasteiger partial charge in [0, 0.05) is 19.6 Å². The van der Waals surface area contributed by atoms with Crippen LogP contribution in [0.15, 0.2) is 17.3 Å². The molecule has 0 spiro atoms. The monoisotopic (exact) mass is 334 g/mol. The summed E-state index contributed by atoms with van der Waals surface area (Å²) in [5.41, 5.74) is 0.136. The van der Waals surface area contributed by atoms with Crippen LogP contribution in [0, 0.1) is 0 Å². The third kappa shape index (κ3) is 3.79. The molecule has 9 heteroatoms. The van der Waals surface area contributed by atoms with E-state index in [9.17, 15) is 14.4 Å². The lowest BCUT2D eigenvalue weighted by Crippen LogP contribution is -2.44. The molecule has 0 aliphatic heterocycles. The van der Waals surface area contributed by atoms with Crippen molar-refractivity contribution in [3.63, 3.8) is 0 Å². The van der Waals surface area contributed by atoms with Crippen LogP contribution in [0.3, 0.4) is 0 Å². The number of hydrogen-bond acceptors (Lipinski definition) is 5. The van der Waals surface area contributed by atoms with Crippen molar-refractivity contribution in [1.82, 2.24) is 29.5 Å². The van der Waals surface area contributed by atoms with Crippen molar-refractivity contribution in [2.75, 3.05) is 13.1 Å². The van der Waals surface area contributed by atoms with Gasteiger partial charge in [-0.15, -0.1) is 0 Å². The smallest absolute Gasteiger partial charge is 0.264 e. The zero-order chi connectivity index (χ0) is 17.9. The molecule has 24 heavy (non-hydrogen) atoms. The molecule has 2 aromatic rings. The molecule has 0 unspecified atom stereocenters. The summed E-state index contributed by atoms with van der Waals surface area (Å²) in [4.78, 5) is 42.2. The molecule has 2 rings (SSSR count). The van der Waals surface area contributed by atoms with E-state index in [0.29, 0.717) is 17.6 Å². The normalized spacial score (nSPS) is 11.0. The lowest BCUT2D eigenvalue weighted by molar-refractivity contribution is -0.136. The highest BCUT2D eigenvalue weighted by atomic mass is 16.2. The first kappa shape index (κ1) is 17.6. The molecule has 0 bridgehead atoms. The minimum absolute atomic E-state index is 0.00566. The predicted octanol–water partition coefficient (Wildman–Crippen LogP) is -0.497. The number of likely N-dealkylation sites (N-methyl/N-ethyl adjacent to an activating group) is 1. The maximum absolute atomic E-state index is 12.4. The number of aryl methyl sites for hydroxylation is 1. The number of fused-ring (bicyclic) bond motifs is 1. The molecule has 0 atom stereocenters. The third-order valence-corrected chi connectivity index (χ3v) is 3.54. The van der Waals surface area contributed by atoms with Gasteiger partial charge in [-0.2, -0.15) is 5.10 Å². The van der Waals surface area contributed by atoms with Gasteiger partial charge in [0.1, 0.15) is 18.3 Å². The number of amides is 2. The summed E-state index contributed by atoms with van der Waals surface area (Å²) in [6.45, 7) is 5.66. The first-order valence-corrected chi connectivity index (χ1v) is 7.77. The third-order valence-electron chi connectivity index (χ3n) is 3.54. The Hall–Kier alpha value is -2.71. The van der Waals surface area contributed by atoms with Crippen LogP contribution in [0.25, 0.3) is 11.0 Å². The molecule has 0 saturated heterocycles. The summed E-state index contributed by atoms with van der Waals surface area (Å²) >= 11 is 0. The Morgan fingerprint density at radius 2 is 2.08 bits per heavy atom. The molecular formula is C15H22N6O3. The van der Waals surface area contributed by atoms with Crippen molar-refractivity contribution < 1.29 is 9.59 Å². The Morgan fingerprint density at radius 1 is 1.38 bits per heavy atom. The average molecular weight is 334 g/mol. The van der Waals surface area contributed by atoms with Gasteiger partial charge >= 0.3 is 0 Å². The predicted molar refractivity (Wildman–Crippen MR) is 88.3 cm³/mol. The zero-order valence-electron chi connectivity index (χ0n) is 14.3. The van der Waals surface area contributed by atoms with E-state index in [0.717, 1.165) is 0 Å². The van der Waals surface area contributed by atoms with Crippen molar-refractivity contribution in [1.29, 1.82) is 0 Å². The van der Waals surface area contributed by atoms with Gasteiger partial charge in [0.15, 0.2) is 5.65 Å². The van der Waals surface area contributed by atoms with Gasteiger partial charge in [-0.25, -0.2) is 4.98 Å². The minimum atomic E-state index is -0.330. The van der Waals surface area contributed by atoms with Gasteiger partial charge in [0.2, 0.25) is 11.8 Å². The highest BCUT2D eigenvalue weighted by Gasteiger charge is 2.18. The minimum Gasteiger partial charge on any atom is -0.352 e. The number of rotatable bonds is 6. The molecule has 2 heterocycles. The second-order valence-electron chi connectivity index (χ2n) is 5.81. The molecule has 0 aliphatic rings. The van der Waals surface area contributed by atoms with Crippen LogP contribution in [0.2, 0.25) is 0 Å². The molecule has 0 aromatic carbocycles. The zero-order valence-corrected chi connectivity index (χ0v) is 14.3. The summed E-state index contributed by atoms with van der Waals surface area (Å²) in [5, 5.41) is 7.08. The van der Waals surface area contributed by atoms with Crippen LogP contribution in [0.5, 0.6) is 0 Å². The quantitative estimate of drug-likeness (QED) is 0.767. The van der Waals surface area contributed by atoms with Crippen LogP contribution < -0.4 is 10.9 Å². The fraction of sp³-hybridized carbons (Fsp3) is 0.533. The van der Waals surface area contributed by atoms with Gasteiger partial charge in [-0.05, 0) is 20.8 Å². The molecule has 9 nitrogen and oxygen atoms in total. The second kappa shape index (κ2) is 7.24.